The van der Waals surface area contributed by atoms with Crippen LogP contribution >= 0.6 is 0 Å². The zero-order valence-electron chi connectivity index (χ0n) is 6.87. The predicted octanol–water partition coefficient (Wildman–Crippen LogP) is -0.861. The third kappa shape index (κ3) is 2.55. The van der Waals surface area contributed by atoms with Crippen molar-refractivity contribution >= 4 is 11.9 Å². The van der Waals surface area contributed by atoms with E-state index in [1.807, 2.05) is 0 Å². The van der Waals surface area contributed by atoms with E-state index in [-0.39, 0.29) is 18.3 Å². The number of aromatic nitrogens is 3. The second-order valence-corrected chi connectivity index (χ2v) is 2.32. The van der Waals surface area contributed by atoms with Crippen LogP contribution in [0.1, 0.15) is 23.4 Å². The van der Waals surface area contributed by atoms with E-state index in [1.165, 1.54) is 6.92 Å². The van der Waals surface area contributed by atoms with E-state index in [2.05, 4.69) is 20.5 Å². The van der Waals surface area contributed by atoms with Crippen molar-refractivity contribution < 1.29 is 14.7 Å². The lowest BCUT2D eigenvalue weighted by molar-refractivity contribution is -0.119. The molecule has 0 aliphatic rings. The normalized spacial score (nSPS) is 9.62. The van der Waals surface area contributed by atoms with Gasteiger partial charge in [-0.3, -0.25) is 9.89 Å². The van der Waals surface area contributed by atoms with Gasteiger partial charge in [0.2, 0.25) is 5.91 Å². The number of nitrogens with one attached hydrogen (secondary N) is 2. The van der Waals surface area contributed by atoms with Gasteiger partial charge in [-0.2, -0.15) is 0 Å². The first-order valence-electron chi connectivity index (χ1n) is 3.48. The fraction of sp³-hybridized carbons (Fsp3) is 0.333. The standard InChI is InChI=1S/C6H8N4O3/c1-3(11)7-2-4-8-5(6(12)13)10-9-4/h2H2,1H3,(H,7,11)(H,12,13)(H,8,9,10). The molecule has 70 valence electrons. The van der Waals surface area contributed by atoms with E-state index < -0.39 is 5.97 Å². The second kappa shape index (κ2) is 3.65. The van der Waals surface area contributed by atoms with Crippen molar-refractivity contribution in [3.05, 3.63) is 11.6 Å². The molecule has 0 saturated carbocycles. The van der Waals surface area contributed by atoms with Gasteiger partial charge in [0, 0.05) is 6.92 Å². The molecule has 0 fully saturated rings. The number of carbonyl (C=O) groups excluding carboxylic acids is 1. The minimum absolute atomic E-state index is 0.148. The maximum Gasteiger partial charge on any atom is 0.375 e. The minimum Gasteiger partial charge on any atom is -0.475 e. The Balaban J connectivity index is 2.59. The second-order valence-electron chi connectivity index (χ2n) is 2.32. The SMILES string of the molecule is CC(=O)NCc1nc(C(=O)O)n[nH]1. The monoisotopic (exact) mass is 184 g/mol. The van der Waals surface area contributed by atoms with Gasteiger partial charge in [0.1, 0.15) is 5.82 Å². The number of amides is 1. The Bertz CT molecular complexity index is 332. The molecule has 1 heterocycles. The summed E-state index contributed by atoms with van der Waals surface area (Å²) >= 11 is 0. The average molecular weight is 184 g/mol. The molecule has 3 N–H and O–H groups in total. The molecule has 1 amide bonds. The van der Waals surface area contributed by atoms with Crippen LogP contribution < -0.4 is 5.32 Å². The Hall–Kier alpha value is -1.92. The van der Waals surface area contributed by atoms with Crippen molar-refractivity contribution in [2.45, 2.75) is 13.5 Å². The summed E-state index contributed by atoms with van der Waals surface area (Å²) < 4.78 is 0. The fourth-order valence-corrected chi connectivity index (χ4v) is 0.678. The quantitative estimate of drug-likeness (QED) is 0.566. The molecule has 0 atom stereocenters. The number of rotatable bonds is 3. The van der Waals surface area contributed by atoms with Crippen molar-refractivity contribution in [1.82, 2.24) is 20.5 Å². The maximum atomic E-state index is 10.5. The van der Waals surface area contributed by atoms with Gasteiger partial charge >= 0.3 is 5.97 Å². The Morgan fingerprint density at radius 1 is 1.62 bits per heavy atom. The Morgan fingerprint density at radius 3 is 2.77 bits per heavy atom. The molecule has 1 rings (SSSR count). The number of carboxylic acids is 1. The lowest BCUT2D eigenvalue weighted by Crippen LogP contribution is -2.19. The van der Waals surface area contributed by atoms with E-state index in [4.69, 9.17) is 5.11 Å². The van der Waals surface area contributed by atoms with E-state index in [1.54, 1.807) is 0 Å². The van der Waals surface area contributed by atoms with Gasteiger partial charge in [-0.25, -0.2) is 9.78 Å². The van der Waals surface area contributed by atoms with Gasteiger partial charge < -0.3 is 10.4 Å². The third-order valence-corrected chi connectivity index (χ3v) is 1.23. The van der Waals surface area contributed by atoms with Crippen LogP contribution in [0.5, 0.6) is 0 Å². The van der Waals surface area contributed by atoms with Crippen LogP contribution in [0.25, 0.3) is 0 Å². The molecular weight excluding hydrogens is 176 g/mol. The first kappa shape index (κ1) is 9.17. The van der Waals surface area contributed by atoms with E-state index in [0.29, 0.717) is 5.82 Å². The Morgan fingerprint density at radius 2 is 2.31 bits per heavy atom. The molecule has 0 unspecified atom stereocenters. The highest BCUT2D eigenvalue weighted by Gasteiger charge is 2.09. The number of hydrogen-bond donors (Lipinski definition) is 3. The van der Waals surface area contributed by atoms with E-state index >= 15 is 0 Å². The molecule has 0 aromatic carbocycles. The van der Waals surface area contributed by atoms with Crippen molar-refractivity contribution in [3.8, 4) is 0 Å². The number of aromatic carboxylic acids is 1. The Labute approximate surface area is 73.2 Å². The van der Waals surface area contributed by atoms with Crippen molar-refractivity contribution in [1.29, 1.82) is 0 Å². The molecule has 7 nitrogen and oxygen atoms in total. The summed E-state index contributed by atoms with van der Waals surface area (Å²) in [6.45, 7) is 1.50. The molecule has 0 aliphatic heterocycles. The van der Waals surface area contributed by atoms with Crippen LogP contribution in [-0.2, 0) is 11.3 Å². The van der Waals surface area contributed by atoms with E-state index in [9.17, 15) is 9.59 Å². The zero-order valence-corrected chi connectivity index (χ0v) is 6.87. The van der Waals surface area contributed by atoms with Crippen molar-refractivity contribution in [3.63, 3.8) is 0 Å². The predicted molar refractivity (Wildman–Crippen MR) is 40.9 cm³/mol. The number of hydrogen-bond acceptors (Lipinski definition) is 4. The Kier molecular flexibility index (Phi) is 2.58. The maximum absolute atomic E-state index is 10.5. The lowest BCUT2D eigenvalue weighted by Gasteiger charge is -1.95. The third-order valence-electron chi connectivity index (χ3n) is 1.23. The highest BCUT2D eigenvalue weighted by atomic mass is 16.4. The van der Waals surface area contributed by atoms with Crippen molar-refractivity contribution in [2.75, 3.05) is 0 Å². The molecule has 1 aromatic heterocycles. The fourth-order valence-electron chi connectivity index (χ4n) is 0.678. The largest absolute Gasteiger partial charge is 0.475 e. The summed E-state index contributed by atoms with van der Waals surface area (Å²) in [5.74, 6) is -1.41. The first-order valence-corrected chi connectivity index (χ1v) is 3.48. The van der Waals surface area contributed by atoms with Crippen LogP contribution in [0.2, 0.25) is 0 Å². The van der Waals surface area contributed by atoms with Crippen LogP contribution in [0.3, 0.4) is 0 Å². The molecule has 0 aliphatic carbocycles. The van der Waals surface area contributed by atoms with Crippen molar-refractivity contribution in [2.24, 2.45) is 0 Å². The van der Waals surface area contributed by atoms with Gasteiger partial charge in [-0.1, -0.05) is 0 Å². The summed E-state index contributed by atoms with van der Waals surface area (Å²) in [5.41, 5.74) is 0. The van der Waals surface area contributed by atoms with Crippen LogP contribution in [0, 0.1) is 0 Å². The van der Waals surface area contributed by atoms with Crippen LogP contribution in [-0.4, -0.2) is 32.2 Å². The highest BCUT2D eigenvalue weighted by molar-refractivity contribution is 5.82. The van der Waals surface area contributed by atoms with Gasteiger partial charge in [0.05, 0.1) is 6.54 Å². The molecule has 0 spiro atoms. The summed E-state index contributed by atoms with van der Waals surface area (Å²) in [6.07, 6.45) is 0. The number of H-pyrrole nitrogens is 1. The molecule has 0 bridgehead atoms. The van der Waals surface area contributed by atoms with Gasteiger partial charge in [0.25, 0.3) is 5.82 Å². The molecule has 13 heavy (non-hydrogen) atoms. The summed E-state index contributed by atoms with van der Waals surface area (Å²) in [4.78, 5) is 24.4. The zero-order chi connectivity index (χ0) is 9.84. The van der Waals surface area contributed by atoms with Gasteiger partial charge in [-0.15, -0.1) is 5.10 Å². The van der Waals surface area contributed by atoms with Crippen LogP contribution in [0.4, 0.5) is 0 Å². The highest BCUT2D eigenvalue weighted by Crippen LogP contribution is 1.91. The number of carboxylic acid groups (broad SMARTS) is 1. The molecule has 0 saturated heterocycles. The van der Waals surface area contributed by atoms with Gasteiger partial charge in [0.15, 0.2) is 0 Å². The average Bonchev–Trinajstić information content (AvgIpc) is 2.48. The minimum atomic E-state index is -1.20. The van der Waals surface area contributed by atoms with E-state index in [0.717, 1.165) is 0 Å². The number of aromatic amines is 1. The molecular formula is C6H8N4O3. The molecule has 7 heteroatoms. The summed E-state index contributed by atoms with van der Waals surface area (Å²) in [7, 11) is 0. The summed E-state index contributed by atoms with van der Waals surface area (Å²) in [5, 5.41) is 16.7. The number of nitrogens with zero attached hydrogens (tertiary/aromatic N) is 2. The smallest absolute Gasteiger partial charge is 0.375 e. The summed E-state index contributed by atoms with van der Waals surface area (Å²) in [6, 6.07) is 0. The first-order chi connectivity index (χ1) is 6.09. The number of carbonyl (C=O) groups is 2. The molecule has 1 aromatic rings. The lowest BCUT2D eigenvalue weighted by atomic mass is 10.5. The van der Waals surface area contributed by atoms with Gasteiger partial charge in [-0.05, 0) is 0 Å². The van der Waals surface area contributed by atoms with Crippen LogP contribution in [0.15, 0.2) is 0 Å². The topological polar surface area (TPSA) is 108 Å². The molecule has 0 radical (unpaired) electrons.